The number of carbonyl (C=O) groups excluding carboxylic acids is 1. The van der Waals surface area contributed by atoms with E-state index in [2.05, 4.69) is 4.90 Å². The second-order valence-corrected chi connectivity index (χ2v) is 11.3. The van der Waals surface area contributed by atoms with E-state index < -0.39 is 5.60 Å². The summed E-state index contributed by atoms with van der Waals surface area (Å²) in [7, 11) is 0. The van der Waals surface area contributed by atoms with Crippen molar-refractivity contribution in [1.29, 1.82) is 0 Å². The van der Waals surface area contributed by atoms with Gasteiger partial charge in [-0.2, -0.15) is 0 Å². The van der Waals surface area contributed by atoms with Gasteiger partial charge < -0.3 is 15.7 Å². The highest BCUT2D eigenvalue weighted by Gasteiger charge is 2.94. The molecule has 130 valence electrons. The van der Waals surface area contributed by atoms with Gasteiger partial charge in [0.2, 0.25) is 5.91 Å². The quantitative estimate of drug-likeness (QED) is 0.814. The fourth-order valence-corrected chi connectivity index (χ4v) is 8.87. The molecule has 0 aromatic heterocycles. The Morgan fingerprint density at radius 1 is 1.04 bits per heavy atom. The molecule has 1 saturated heterocycles. The zero-order chi connectivity index (χ0) is 16.2. The zero-order valence-corrected chi connectivity index (χ0v) is 14.4. The molecule has 1 amide bonds. The molecule has 3 atom stereocenters. The first-order valence-electron chi connectivity index (χ1n) is 10.2. The lowest BCUT2D eigenvalue weighted by Crippen LogP contribution is -2.65. The van der Waals surface area contributed by atoms with Crippen molar-refractivity contribution in [2.75, 3.05) is 0 Å². The van der Waals surface area contributed by atoms with Gasteiger partial charge in [-0.15, -0.1) is 0 Å². The van der Waals surface area contributed by atoms with Gasteiger partial charge in [0, 0.05) is 11.0 Å². The largest absolute Gasteiger partial charge is 0.390 e. The summed E-state index contributed by atoms with van der Waals surface area (Å²) in [5.41, 5.74) is 7.11. The predicted molar refractivity (Wildman–Crippen MR) is 87.9 cm³/mol. The van der Waals surface area contributed by atoms with Crippen LogP contribution in [0.25, 0.3) is 0 Å². The topological polar surface area (TPSA) is 66.6 Å². The van der Waals surface area contributed by atoms with E-state index in [0.29, 0.717) is 17.3 Å². The molecular weight excluding hydrogens is 300 g/mol. The Bertz CT molecular complexity index is 674. The Morgan fingerprint density at radius 3 is 2.29 bits per heavy atom. The molecule has 4 nitrogen and oxygen atoms in total. The van der Waals surface area contributed by atoms with Crippen molar-refractivity contribution in [3.05, 3.63) is 0 Å². The fraction of sp³-hybridized carbons (Fsp3) is 0.950. The molecule has 2 unspecified atom stereocenters. The summed E-state index contributed by atoms with van der Waals surface area (Å²) in [6, 6.07) is -0.376. The smallest absolute Gasteiger partial charge is 0.241 e. The summed E-state index contributed by atoms with van der Waals surface area (Å²) in [5.74, 6) is 1.46. The maximum absolute atomic E-state index is 13.6. The Morgan fingerprint density at radius 2 is 1.71 bits per heavy atom. The van der Waals surface area contributed by atoms with E-state index in [0.717, 1.165) is 32.1 Å². The van der Waals surface area contributed by atoms with Crippen LogP contribution in [0.1, 0.15) is 70.6 Å². The Balaban J connectivity index is 1.24. The van der Waals surface area contributed by atoms with Gasteiger partial charge in [0.1, 0.15) is 0 Å². The van der Waals surface area contributed by atoms with E-state index in [-0.39, 0.29) is 28.4 Å². The molecule has 7 aliphatic carbocycles. The molecule has 1 spiro atoms. The Kier molecular flexibility index (Phi) is 1.89. The highest BCUT2D eigenvalue weighted by atomic mass is 16.3. The molecule has 24 heavy (non-hydrogen) atoms. The molecule has 8 aliphatic rings. The third kappa shape index (κ3) is 1.28. The second-order valence-electron chi connectivity index (χ2n) is 11.3. The van der Waals surface area contributed by atoms with E-state index in [1.54, 1.807) is 0 Å². The summed E-state index contributed by atoms with van der Waals surface area (Å²) < 4.78 is 0. The zero-order valence-electron chi connectivity index (χ0n) is 14.4. The van der Waals surface area contributed by atoms with E-state index in [1.165, 1.54) is 38.5 Å². The summed E-state index contributed by atoms with van der Waals surface area (Å²) in [6.07, 6.45) is 12.3. The molecule has 0 radical (unpaired) electrons. The van der Waals surface area contributed by atoms with E-state index in [1.807, 2.05) is 0 Å². The standard InChI is InChI=1S/C20H28N2O2/c21-14(16-4-12-3-13(5-16)7-19(24,6-12)8-16)15(23)22-18(1-2-18)9-17-10-20(17,22)11-17/h12-14,24H,1-11,21H2/t12?,13?,14-,16?,17?,19?,20?/m1/s1. The summed E-state index contributed by atoms with van der Waals surface area (Å²) in [6.45, 7) is 0. The molecule has 7 saturated carbocycles. The predicted octanol–water partition coefficient (Wildman–Crippen LogP) is 1.94. The van der Waals surface area contributed by atoms with Crippen LogP contribution in [-0.4, -0.2) is 38.6 Å². The van der Waals surface area contributed by atoms with Gasteiger partial charge >= 0.3 is 0 Å². The van der Waals surface area contributed by atoms with Crippen LogP contribution in [0.4, 0.5) is 0 Å². The number of likely N-dealkylation sites (tertiary alicyclic amines) is 1. The van der Waals surface area contributed by atoms with E-state index in [9.17, 15) is 9.90 Å². The number of rotatable bonds is 2. The molecule has 0 aromatic rings. The Labute approximate surface area is 143 Å². The summed E-state index contributed by atoms with van der Waals surface area (Å²) in [4.78, 5) is 15.9. The van der Waals surface area contributed by atoms with Crippen molar-refractivity contribution in [1.82, 2.24) is 4.90 Å². The molecule has 4 bridgehead atoms. The van der Waals surface area contributed by atoms with Crippen LogP contribution in [0.15, 0.2) is 0 Å². The van der Waals surface area contributed by atoms with Gasteiger partial charge in [-0.1, -0.05) is 0 Å². The van der Waals surface area contributed by atoms with Crippen molar-refractivity contribution < 1.29 is 9.90 Å². The third-order valence-electron chi connectivity index (χ3n) is 9.62. The van der Waals surface area contributed by atoms with Crippen LogP contribution < -0.4 is 5.73 Å². The van der Waals surface area contributed by atoms with Gasteiger partial charge in [-0.3, -0.25) is 4.79 Å². The number of nitrogens with zero attached hydrogens (tertiary/aromatic N) is 1. The molecule has 8 fully saturated rings. The number of hydrogen-bond donors (Lipinski definition) is 2. The lowest BCUT2D eigenvalue weighted by molar-refractivity contribution is -0.178. The first-order valence-corrected chi connectivity index (χ1v) is 10.2. The minimum absolute atomic E-state index is 0.113. The Hall–Kier alpha value is -0.610. The number of aliphatic hydroxyl groups is 1. The van der Waals surface area contributed by atoms with Crippen molar-refractivity contribution in [2.24, 2.45) is 28.4 Å². The lowest BCUT2D eigenvalue weighted by atomic mass is 9.46. The van der Waals surface area contributed by atoms with Gasteiger partial charge in [0.05, 0.1) is 17.2 Å². The average molecular weight is 328 g/mol. The molecule has 8 rings (SSSR count). The molecule has 4 heteroatoms. The van der Waals surface area contributed by atoms with Crippen LogP contribution in [0.5, 0.6) is 0 Å². The van der Waals surface area contributed by atoms with Crippen LogP contribution >= 0.6 is 0 Å². The summed E-state index contributed by atoms with van der Waals surface area (Å²) in [5, 5.41) is 11.0. The minimum atomic E-state index is -0.522. The molecule has 3 N–H and O–H groups in total. The first kappa shape index (κ1) is 13.6. The molecule has 1 aliphatic heterocycles. The minimum Gasteiger partial charge on any atom is -0.390 e. The van der Waals surface area contributed by atoms with Crippen LogP contribution in [0.3, 0.4) is 0 Å². The fourth-order valence-electron chi connectivity index (χ4n) is 8.87. The highest BCUT2D eigenvalue weighted by molar-refractivity contribution is 5.87. The van der Waals surface area contributed by atoms with Gasteiger partial charge in [-0.25, -0.2) is 0 Å². The van der Waals surface area contributed by atoms with Crippen molar-refractivity contribution in [3.8, 4) is 0 Å². The number of amides is 1. The normalized spacial score (nSPS) is 60.8. The van der Waals surface area contributed by atoms with Crippen molar-refractivity contribution in [2.45, 2.75) is 93.3 Å². The van der Waals surface area contributed by atoms with Gasteiger partial charge in [0.25, 0.3) is 0 Å². The third-order valence-corrected chi connectivity index (χ3v) is 9.62. The second kappa shape index (κ2) is 3.34. The number of nitrogens with two attached hydrogens (primary N) is 1. The van der Waals surface area contributed by atoms with Crippen LogP contribution in [0, 0.1) is 22.7 Å². The monoisotopic (exact) mass is 328 g/mol. The van der Waals surface area contributed by atoms with E-state index >= 15 is 0 Å². The van der Waals surface area contributed by atoms with Crippen LogP contribution in [-0.2, 0) is 4.79 Å². The average Bonchev–Trinajstić information content (AvgIpc) is 3.38. The number of carbonyl (C=O) groups is 1. The lowest BCUT2D eigenvalue weighted by Gasteiger charge is -2.62. The van der Waals surface area contributed by atoms with Gasteiger partial charge in [0.15, 0.2) is 0 Å². The molecule has 0 aromatic carbocycles. The number of piperidine rings is 2. The maximum Gasteiger partial charge on any atom is 0.241 e. The van der Waals surface area contributed by atoms with Gasteiger partial charge in [-0.05, 0) is 87.9 Å². The molecular formula is C20H28N2O2. The molecule has 1 heterocycles. The number of hydrogen-bond acceptors (Lipinski definition) is 3. The SMILES string of the molecule is N[C@H](C(=O)N1C2(CC2)CC23CC12C3)C12CC3CC(CC(O)(C3)C1)C2. The maximum atomic E-state index is 13.6. The van der Waals surface area contributed by atoms with Crippen molar-refractivity contribution in [3.63, 3.8) is 0 Å². The van der Waals surface area contributed by atoms with Crippen LogP contribution in [0.2, 0.25) is 0 Å². The highest BCUT2D eigenvalue weighted by Crippen LogP contribution is 2.91. The summed E-state index contributed by atoms with van der Waals surface area (Å²) >= 11 is 0. The van der Waals surface area contributed by atoms with Crippen molar-refractivity contribution >= 4 is 5.91 Å². The first-order chi connectivity index (χ1) is 11.3. The van der Waals surface area contributed by atoms with E-state index in [4.69, 9.17) is 5.73 Å².